The van der Waals surface area contributed by atoms with Crippen molar-refractivity contribution in [1.29, 1.82) is 0 Å². The molecule has 0 heterocycles. The predicted molar refractivity (Wildman–Crippen MR) is 88.5 cm³/mol. The van der Waals surface area contributed by atoms with E-state index >= 15 is 0 Å². The third kappa shape index (κ3) is 3.74. The van der Waals surface area contributed by atoms with Crippen molar-refractivity contribution in [3.05, 3.63) is 34.3 Å². The highest BCUT2D eigenvalue weighted by atomic mass is 79.9. The van der Waals surface area contributed by atoms with Crippen LogP contribution in [0.3, 0.4) is 0 Å². The van der Waals surface area contributed by atoms with Gasteiger partial charge in [-0.3, -0.25) is 4.79 Å². The monoisotopic (exact) mass is 360 g/mol. The molecule has 0 bridgehead atoms. The molecule has 1 amide bonds. The molecule has 0 atom stereocenters. The second kappa shape index (κ2) is 8.01. The molecule has 20 heavy (non-hydrogen) atoms. The quantitative estimate of drug-likeness (QED) is 0.765. The van der Waals surface area contributed by atoms with Crippen LogP contribution in [-0.4, -0.2) is 26.0 Å². The lowest BCUT2D eigenvalue weighted by atomic mass is 9.64. The molecule has 0 radical (unpaired) electrons. The second-order valence-electron chi connectivity index (χ2n) is 5.16. The van der Waals surface area contributed by atoms with Gasteiger partial charge in [-0.1, -0.05) is 34.5 Å². The minimum absolute atomic E-state index is 0. The molecule has 5 heteroatoms. The molecule has 1 aliphatic rings. The fourth-order valence-electron chi connectivity index (χ4n) is 2.58. The molecule has 0 aliphatic heterocycles. The number of rotatable bonds is 6. The normalized spacial score (nSPS) is 15.9. The molecule has 2 N–H and O–H groups in total. The van der Waals surface area contributed by atoms with Crippen LogP contribution in [0.25, 0.3) is 0 Å². The van der Waals surface area contributed by atoms with Crippen molar-refractivity contribution < 1.29 is 4.79 Å². The van der Waals surface area contributed by atoms with Gasteiger partial charge in [-0.05, 0) is 50.6 Å². The number of benzene rings is 1. The first-order valence-electron chi connectivity index (χ1n) is 6.88. The van der Waals surface area contributed by atoms with Gasteiger partial charge >= 0.3 is 0 Å². The standard InChI is InChI=1S/C15H21BrN2O.ClH/c1-17-10-3-11-18-14(19)15(8-2-9-15)12-4-6-13(16)7-5-12;/h4-7,17H,2-3,8-11H2,1H3,(H,18,19);1H. The van der Waals surface area contributed by atoms with Crippen LogP contribution >= 0.6 is 28.3 Å². The lowest BCUT2D eigenvalue weighted by molar-refractivity contribution is -0.129. The summed E-state index contributed by atoms with van der Waals surface area (Å²) in [5.74, 6) is 0.192. The summed E-state index contributed by atoms with van der Waals surface area (Å²) < 4.78 is 1.06. The highest BCUT2D eigenvalue weighted by Crippen LogP contribution is 2.44. The second-order valence-corrected chi connectivity index (χ2v) is 6.07. The maximum absolute atomic E-state index is 12.5. The van der Waals surface area contributed by atoms with E-state index in [2.05, 4.69) is 38.7 Å². The van der Waals surface area contributed by atoms with Gasteiger partial charge in [-0.15, -0.1) is 12.4 Å². The third-order valence-electron chi connectivity index (χ3n) is 3.93. The van der Waals surface area contributed by atoms with Crippen LogP contribution in [0.1, 0.15) is 31.2 Å². The van der Waals surface area contributed by atoms with Gasteiger partial charge < -0.3 is 10.6 Å². The van der Waals surface area contributed by atoms with E-state index in [-0.39, 0.29) is 23.7 Å². The minimum atomic E-state index is -0.277. The number of carbonyl (C=O) groups excluding carboxylic acids is 1. The number of amides is 1. The number of hydrogen-bond acceptors (Lipinski definition) is 2. The zero-order chi connectivity index (χ0) is 13.7. The SMILES string of the molecule is CNCCCNC(=O)C1(c2ccc(Br)cc2)CCC1.Cl. The average Bonchev–Trinajstić information content (AvgIpc) is 2.36. The van der Waals surface area contributed by atoms with E-state index < -0.39 is 0 Å². The van der Waals surface area contributed by atoms with Gasteiger partial charge in [0.2, 0.25) is 5.91 Å². The molecular weight excluding hydrogens is 340 g/mol. The van der Waals surface area contributed by atoms with Crippen LogP contribution in [-0.2, 0) is 10.2 Å². The van der Waals surface area contributed by atoms with Gasteiger partial charge in [0.05, 0.1) is 5.41 Å². The van der Waals surface area contributed by atoms with Crippen molar-refractivity contribution in [3.63, 3.8) is 0 Å². The number of hydrogen-bond donors (Lipinski definition) is 2. The Hall–Kier alpha value is -0.580. The zero-order valence-electron chi connectivity index (χ0n) is 11.7. The Balaban J connectivity index is 0.00000200. The maximum atomic E-state index is 12.5. The molecule has 1 fully saturated rings. The van der Waals surface area contributed by atoms with Crippen LogP contribution < -0.4 is 10.6 Å². The van der Waals surface area contributed by atoms with E-state index in [1.165, 1.54) is 0 Å². The molecule has 1 saturated carbocycles. The van der Waals surface area contributed by atoms with E-state index in [0.29, 0.717) is 0 Å². The molecule has 0 spiro atoms. The van der Waals surface area contributed by atoms with E-state index in [0.717, 1.165) is 48.8 Å². The van der Waals surface area contributed by atoms with Crippen molar-refractivity contribution in [2.75, 3.05) is 20.1 Å². The summed E-state index contributed by atoms with van der Waals surface area (Å²) in [6, 6.07) is 8.17. The van der Waals surface area contributed by atoms with Crippen LogP contribution in [0.5, 0.6) is 0 Å². The molecule has 0 saturated heterocycles. The largest absolute Gasteiger partial charge is 0.355 e. The van der Waals surface area contributed by atoms with E-state index in [9.17, 15) is 4.79 Å². The van der Waals surface area contributed by atoms with Gasteiger partial charge in [0.1, 0.15) is 0 Å². The third-order valence-corrected chi connectivity index (χ3v) is 4.46. The fourth-order valence-corrected chi connectivity index (χ4v) is 2.85. The molecule has 0 aromatic heterocycles. The summed E-state index contributed by atoms with van der Waals surface area (Å²) in [4.78, 5) is 12.5. The van der Waals surface area contributed by atoms with Crippen molar-refractivity contribution in [2.45, 2.75) is 31.1 Å². The maximum Gasteiger partial charge on any atom is 0.230 e. The average molecular weight is 362 g/mol. The summed E-state index contributed by atoms with van der Waals surface area (Å²) >= 11 is 3.44. The van der Waals surface area contributed by atoms with Gasteiger partial charge in [-0.2, -0.15) is 0 Å². The highest BCUT2D eigenvalue weighted by Gasteiger charge is 2.45. The van der Waals surface area contributed by atoms with Crippen molar-refractivity contribution in [3.8, 4) is 0 Å². The Morgan fingerprint density at radius 3 is 2.40 bits per heavy atom. The molecule has 1 aromatic carbocycles. The van der Waals surface area contributed by atoms with Crippen molar-refractivity contribution in [2.24, 2.45) is 0 Å². The first-order valence-corrected chi connectivity index (χ1v) is 7.67. The predicted octanol–water partition coefficient (Wildman–Crippen LogP) is 3.02. The summed E-state index contributed by atoms with van der Waals surface area (Å²) in [5.41, 5.74) is 0.869. The van der Waals surface area contributed by atoms with Crippen molar-refractivity contribution >= 4 is 34.2 Å². The van der Waals surface area contributed by atoms with Crippen LogP contribution in [0, 0.1) is 0 Å². The highest BCUT2D eigenvalue weighted by molar-refractivity contribution is 9.10. The number of nitrogens with one attached hydrogen (secondary N) is 2. The fraction of sp³-hybridized carbons (Fsp3) is 0.533. The smallest absolute Gasteiger partial charge is 0.230 e. The van der Waals surface area contributed by atoms with Gasteiger partial charge in [0.15, 0.2) is 0 Å². The number of halogens is 2. The first kappa shape index (κ1) is 17.5. The Bertz CT molecular complexity index is 432. The van der Waals surface area contributed by atoms with Crippen LogP contribution in [0.4, 0.5) is 0 Å². The summed E-state index contributed by atoms with van der Waals surface area (Å²) in [6.45, 7) is 1.68. The van der Waals surface area contributed by atoms with Gasteiger partial charge in [0.25, 0.3) is 0 Å². The van der Waals surface area contributed by atoms with Crippen LogP contribution in [0.2, 0.25) is 0 Å². The molecule has 112 valence electrons. The van der Waals surface area contributed by atoms with Crippen LogP contribution in [0.15, 0.2) is 28.7 Å². The summed E-state index contributed by atoms with van der Waals surface area (Å²) in [6.07, 6.45) is 4.04. The lowest BCUT2D eigenvalue weighted by Gasteiger charge is -2.40. The van der Waals surface area contributed by atoms with Crippen molar-refractivity contribution in [1.82, 2.24) is 10.6 Å². The van der Waals surface area contributed by atoms with Gasteiger partial charge in [0, 0.05) is 11.0 Å². The zero-order valence-corrected chi connectivity index (χ0v) is 14.1. The topological polar surface area (TPSA) is 41.1 Å². The Labute approximate surface area is 135 Å². The summed E-state index contributed by atoms with van der Waals surface area (Å²) in [5, 5.41) is 6.17. The Kier molecular flexibility index (Phi) is 7.00. The first-order chi connectivity index (χ1) is 9.19. The molecule has 1 aromatic rings. The van der Waals surface area contributed by atoms with E-state index in [1.54, 1.807) is 0 Å². The molecule has 0 unspecified atom stereocenters. The molecule has 1 aliphatic carbocycles. The Morgan fingerprint density at radius 1 is 1.25 bits per heavy atom. The lowest BCUT2D eigenvalue weighted by Crippen LogP contribution is -2.49. The number of carbonyl (C=O) groups is 1. The van der Waals surface area contributed by atoms with E-state index in [4.69, 9.17) is 0 Å². The molecule has 3 nitrogen and oxygen atoms in total. The summed E-state index contributed by atoms with van der Waals surface area (Å²) in [7, 11) is 1.93. The molecule has 2 rings (SSSR count). The van der Waals surface area contributed by atoms with Gasteiger partial charge in [-0.25, -0.2) is 0 Å². The van der Waals surface area contributed by atoms with E-state index in [1.807, 2.05) is 19.2 Å². The molecular formula is C15H22BrClN2O. The minimum Gasteiger partial charge on any atom is -0.355 e. The Morgan fingerprint density at radius 2 is 1.90 bits per heavy atom.